The molecule has 0 heterocycles. The van der Waals surface area contributed by atoms with Crippen LogP contribution in [0.2, 0.25) is 0 Å². The van der Waals surface area contributed by atoms with Crippen molar-refractivity contribution in [3.8, 4) is 5.75 Å². The van der Waals surface area contributed by atoms with Crippen molar-refractivity contribution < 1.29 is 14.3 Å². The normalized spacial score (nSPS) is 21.6. The van der Waals surface area contributed by atoms with Gasteiger partial charge >= 0.3 is 0 Å². The fraction of sp³-hybridized carbons (Fsp3) is 0.417. The SMILES string of the molecule is CC1(C)CC1NC(=O)c1ccc(F)cc1O. The zero-order valence-corrected chi connectivity index (χ0v) is 9.25. The Bertz CT molecular complexity index is 443. The van der Waals surface area contributed by atoms with Gasteiger partial charge in [0, 0.05) is 12.1 Å². The second kappa shape index (κ2) is 3.47. The third-order valence-electron chi connectivity index (χ3n) is 3.02. The van der Waals surface area contributed by atoms with Gasteiger partial charge in [-0.05, 0) is 24.0 Å². The monoisotopic (exact) mass is 223 g/mol. The topological polar surface area (TPSA) is 49.3 Å². The van der Waals surface area contributed by atoms with Crippen molar-refractivity contribution in [2.75, 3.05) is 0 Å². The molecule has 0 aliphatic heterocycles. The Morgan fingerprint density at radius 2 is 2.19 bits per heavy atom. The fourth-order valence-electron chi connectivity index (χ4n) is 1.65. The van der Waals surface area contributed by atoms with Gasteiger partial charge in [-0.25, -0.2) is 4.39 Å². The van der Waals surface area contributed by atoms with Crippen LogP contribution in [-0.2, 0) is 0 Å². The van der Waals surface area contributed by atoms with E-state index < -0.39 is 5.82 Å². The molecular formula is C12H14FNO2. The summed E-state index contributed by atoms with van der Waals surface area (Å²) >= 11 is 0. The maximum Gasteiger partial charge on any atom is 0.255 e. The van der Waals surface area contributed by atoms with Gasteiger partial charge in [0.05, 0.1) is 5.56 Å². The van der Waals surface area contributed by atoms with Gasteiger partial charge in [0.1, 0.15) is 11.6 Å². The van der Waals surface area contributed by atoms with E-state index in [1.165, 1.54) is 6.07 Å². The molecule has 1 aliphatic carbocycles. The zero-order chi connectivity index (χ0) is 11.9. The molecule has 1 unspecified atom stereocenters. The predicted molar refractivity (Wildman–Crippen MR) is 57.7 cm³/mol. The lowest BCUT2D eigenvalue weighted by molar-refractivity contribution is 0.0943. The average Bonchev–Trinajstić information content (AvgIpc) is 2.72. The summed E-state index contributed by atoms with van der Waals surface area (Å²) in [4.78, 5) is 11.7. The van der Waals surface area contributed by atoms with Gasteiger partial charge in [0.25, 0.3) is 5.91 Å². The average molecular weight is 223 g/mol. The summed E-state index contributed by atoms with van der Waals surface area (Å²) in [6.07, 6.45) is 0.931. The van der Waals surface area contributed by atoms with E-state index in [9.17, 15) is 14.3 Å². The molecule has 1 aromatic rings. The van der Waals surface area contributed by atoms with Crippen LogP contribution in [0.5, 0.6) is 5.75 Å². The Morgan fingerprint density at radius 1 is 1.56 bits per heavy atom. The van der Waals surface area contributed by atoms with E-state index >= 15 is 0 Å². The number of benzene rings is 1. The number of phenols is 1. The Morgan fingerprint density at radius 3 is 2.69 bits per heavy atom. The molecule has 0 radical (unpaired) electrons. The maximum absolute atomic E-state index is 12.7. The van der Waals surface area contributed by atoms with Crippen LogP contribution in [0, 0.1) is 11.2 Å². The molecule has 16 heavy (non-hydrogen) atoms. The van der Waals surface area contributed by atoms with E-state index in [1.807, 2.05) is 0 Å². The van der Waals surface area contributed by atoms with E-state index in [1.54, 1.807) is 0 Å². The lowest BCUT2D eigenvalue weighted by Gasteiger charge is -2.08. The van der Waals surface area contributed by atoms with Crippen molar-refractivity contribution >= 4 is 5.91 Å². The van der Waals surface area contributed by atoms with Crippen molar-refractivity contribution in [3.63, 3.8) is 0 Å². The number of phenolic OH excluding ortho intramolecular Hbond substituents is 1. The van der Waals surface area contributed by atoms with Crippen LogP contribution >= 0.6 is 0 Å². The molecule has 4 heteroatoms. The number of aromatic hydroxyl groups is 1. The second-order valence-electron chi connectivity index (χ2n) is 4.88. The molecule has 2 N–H and O–H groups in total. The minimum atomic E-state index is -0.555. The molecule has 2 rings (SSSR count). The minimum absolute atomic E-state index is 0.115. The highest BCUT2D eigenvalue weighted by Gasteiger charge is 2.46. The molecule has 0 spiro atoms. The van der Waals surface area contributed by atoms with Gasteiger partial charge in [-0.3, -0.25) is 4.79 Å². The lowest BCUT2D eigenvalue weighted by atomic mass is 10.1. The van der Waals surface area contributed by atoms with Crippen molar-refractivity contribution in [2.45, 2.75) is 26.3 Å². The predicted octanol–water partition coefficient (Wildman–Crippen LogP) is 2.06. The standard InChI is InChI=1S/C12H14FNO2/c1-12(2)6-10(12)14-11(16)8-4-3-7(13)5-9(8)15/h3-5,10,15H,6H2,1-2H3,(H,14,16). The van der Waals surface area contributed by atoms with Gasteiger partial charge in [0.15, 0.2) is 0 Å². The van der Waals surface area contributed by atoms with Crippen molar-refractivity contribution in [1.29, 1.82) is 0 Å². The Labute approximate surface area is 93.3 Å². The van der Waals surface area contributed by atoms with Crippen LogP contribution in [0.15, 0.2) is 18.2 Å². The molecule has 1 fully saturated rings. The highest BCUT2D eigenvalue weighted by molar-refractivity contribution is 5.97. The van der Waals surface area contributed by atoms with Crippen LogP contribution in [-0.4, -0.2) is 17.1 Å². The zero-order valence-electron chi connectivity index (χ0n) is 9.25. The highest BCUT2D eigenvalue weighted by Crippen LogP contribution is 2.44. The van der Waals surface area contributed by atoms with Gasteiger partial charge in [-0.2, -0.15) is 0 Å². The van der Waals surface area contributed by atoms with Crippen LogP contribution in [0.3, 0.4) is 0 Å². The number of halogens is 1. The molecule has 3 nitrogen and oxygen atoms in total. The van der Waals surface area contributed by atoms with Crippen LogP contribution in [0.4, 0.5) is 4.39 Å². The molecule has 1 aliphatic rings. The summed E-state index contributed by atoms with van der Waals surface area (Å²) in [7, 11) is 0. The summed E-state index contributed by atoms with van der Waals surface area (Å²) < 4.78 is 12.7. The number of nitrogens with one attached hydrogen (secondary N) is 1. The number of hydrogen-bond donors (Lipinski definition) is 2. The van der Waals surface area contributed by atoms with Crippen LogP contribution < -0.4 is 5.32 Å². The molecular weight excluding hydrogens is 209 g/mol. The quantitative estimate of drug-likeness (QED) is 0.806. The molecule has 0 aromatic heterocycles. The second-order valence-corrected chi connectivity index (χ2v) is 4.88. The summed E-state index contributed by atoms with van der Waals surface area (Å²) in [6, 6.07) is 3.53. The molecule has 0 bridgehead atoms. The first-order valence-electron chi connectivity index (χ1n) is 5.19. The van der Waals surface area contributed by atoms with Crippen LogP contribution in [0.1, 0.15) is 30.6 Å². The molecule has 1 atom stereocenters. The molecule has 86 valence electrons. The number of carbonyl (C=O) groups excluding carboxylic acids is 1. The lowest BCUT2D eigenvalue weighted by Crippen LogP contribution is -2.28. The summed E-state index contributed by atoms with van der Waals surface area (Å²) in [5.41, 5.74) is 0.245. The Kier molecular flexibility index (Phi) is 2.37. The summed E-state index contributed by atoms with van der Waals surface area (Å²) in [6.45, 7) is 4.12. The third kappa shape index (κ3) is 2.01. The molecule has 0 saturated heterocycles. The smallest absolute Gasteiger partial charge is 0.255 e. The van der Waals surface area contributed by atoms with Crippen LogP contribution in [0.25, 0.3) is 0 Å². The van der Waals surface area contributed by atoms with E-state index in [0.717, 1.165) is 18.6 Å². The van der Waals surface area contributed by atoms with Crippen molar-refractivity contribution in [3.05, 3.63) is 29.6 Å². The van der Waals surface area contributed by atoms with Gasteiger partial charge in [-0.15, -0.1) is 0 Å². The van der Waals surface area contributed by atoms with Gasteiger partial charge < -0.3 is 10.4 Å². The number of amides is 1. The maximum atomic E-state index is 12.7. The number of hydrogen-bond acceptors (Lipinski definition) is 2. The largest absolute Gasteiger partial charge is 0.507 e. The van der Waals surface area contributed by atoms with E-state index in [4.69, 9.17) is 0 Å². The summed E-state index contributed by atoms with van der Waals surface area (Å²) in [5, 5.41) is 12.2. The Hall–Kier alpha value is -1.58. The fourth-order valence-corrected chi connectivity index (χ4v) is 1.65. The number of rotatable bonds is 2. The molecule has 1 aromatic carbocycles. The van der Waals surface area contributed by atoms with Crippen molar-refractivity contribution in [1.82, 2.24) is 5.32 Å². The van der Waals surface area contributed by atoms with Crippen molar-refractivity contribution in [2.24, 2.45) is 5.41 Å². The Balaban J connectivity index is 2.10. The van der Waals surface area contributed by atoms with E-state index in [2.05, 4.69) is 19.2 Å². The first-order valence-corrected chi connectivity index (χ1v) is 5.19. The first kappa shape index (κ1) is 10.9. The molecule has 1 saturated carbocycles. The van der Waals surface area contributed by atoms with E-state index in [0.29, 0.717) is 0 Å². The highest BCUT2D eigenvalue weighted by atomic mass is 19.1. The van der Waals surface area contributed by atoms with Gasteiger partial charge in [0.2, 0.25) is 0 Å². The van der Waals surface area contributed by atoms with Gasteiger partial charge in [-0.1, -0.05) is 13.8 Å². The minimum Gasteiger partial charge on any atom is -0.507 e. The molecule has 1 amide bonds. The third-order valence-corrected chi connectivity index (χ3v) is 3.02. The number of carbonyl (C=O) groups is 1. The van der Waals surface area contributed by atoms with E-state index in [-0.39, 0.29) is 28.7 Å². The summed E-state index contributed by atoms with van der Waals surface area (Å²) in [5.74, 6) is -1.23. The first-order chi connectivity index (χ1) is 7.40.